The summed E-state index contributed by atoms with van der Waals surface area (Å²) in [6.07, 6.45) is 0. The van der Waals surface area contributed by atoms with Gasteiger partial charge in [-0.05, 0) is 41.8 Å². The second-order valence-corrected chi connectivity index (χ2v) is 7.35. The Labute approximate surface area is 148 Å². The fourth-order valence-corrected chi connectivity index (χ4v) is 3.60. The van der Waals surface area contributed by atoms with Gasteiger partial charge in [0.1, 0.15) is 0 Å². The Hall–Kier alpha value is -1.62. The molecule has 1 heterocycles. The zero-order chi connectivity index (χ0) is 16.6. The number of carbonyl (C=O) groups excluding carboxylic acids is 1. The van der Waals surface area contributed by atoms with E-state index in [1.54, 1.807) is 18.2 Å². The highest BCUT2D eigenvalue weighted by molar-refractivity contribution is 7.22. The Morgan fingerprint density at radius 1 is 1.17 bits per heavy atom. The van der Waals surface area contributed by atoms with Crippen molar-refractivity contribution in [2.45, 2.75) is 19.8 Å². The normalized spacial score (nSPS) is 11.2. The van der Waals surface area contributed by atoms with Crippen LogP contribution in [-0.4, -0.2) is 10.9 Å². The van der Waals surface area contributed by atoms with Crippen molar-refractivity contribution in [1.82, 2.24) is 4.98 Å². The third kappa shape index (κ3) is 3.50. The molecule has 1 amide bonds. The summed E-state index contributed by atoms with van der Waals surface area (Å²) in [7, 11) is 0. The maximum atomic E-state index is 12.3. The van der Waals surface area contributed by atoms with Crippen molar-refractivity contribution in [1.29, 1.82) is 0 Å². The minimum atomic E-state index is -0.296. The zero-order valence-corrected chi connectivity index (χ0v) is 14.9. The zero-order valence-electron chi connectivity index (χ0n) is 12.6. The molecule has 118 valence electrons. The molecular weight excluding hydrogens is 351 g/mol. The van der Waals surface area contributed by atoms with Crippen LogP contribution < -0.4 is 5.32 Å². The van der Waals surface area contributed by atoms with E-state index in [9.17, 15) is 4.79 Å². The summed E-state index contributed by atoms with van der Waals surface area (Å²) in [6, 6.07) is 10.9. The number of anilines is 1. The average molecular weight is 365 g/mol. The highest BCUT2D eigenvalue weighted by Gasteiger charge is 2.14. The van der Waals surface area contributed by atoms with Crippen LogP contribution in [0.3, 0.4) is 0 Å². The molecule has 1 N–H and O–H groups in total. The maximum Gasteiger partial charge on any atom is 0.258 e. The van der Waals surface area contributed by atoms with Crippen molar-refractivity contribution >= 4 is 55.8 Å². The van der Waals surface area contributed by atoms with Gasteiger partial charge in [0.15, 0.2) is 5.13 Å². The molecule has 0 fully saturated rings. The Morgan fingerprint density at radius 3 is 2.65 bits per heavy atom. The monoisotopic (exact) mass is 364 g/mol. The molecule has 3 nitrogen and oxygen atoms in total. The van der Waals surface area contributed by atoms with Gasteiger partial charge in [-0.3, -0.25) is 10.1 Å². The van der Waals surface area contributed by atoms with Gasteiger partial charge < -0.3 is 0 Å². The molecule has 0 saturated heterocycles. The molecular formula is C17H14Cl2N2OS. The van der Waals surface area contributed by atoms with E-state index in [0.717, 1.165) is 10.2 Å². The average Bonchev–Trinajstić information content (AvgIpc) is 2.87. The van der Waals surface area contributed by atoms with Crippen molar-refractivity contribution in [3.05, 3.63) is 57.6 Å². The first-order valence-corrected chi connectivity index (χ1v) is 8.68. The number of carbonyl (C=O) groups is 1. The van der Waals surface area contributed by atoms with Gasteiger partial charge in [-0.25, -0.2) is 4.98 Å². The number of rotatable bonds is 3. The van der Waals surface area contributed by atoms with Gasteiger partial charge in [-0.15, -0.1) is 0 Å². The van der Waals surface area contributed by atoms with E-state index in [2.05, 4.69) is 36.3 Å². The third-order valence-corrected chi connectivity index (χ3v) is 4.96. The van der Waals surface area contributed by atoms with Crippen molar-refractivity contribution in [2.24, 2.45) is 0 Å². The van der Waals surface area contributed by atoms with Gasteiger partial charge in [0.2, 0.25) is 0 Å². The number of hydrogen-bond acceptors (Lipinski definition) is 3. The number of halogens is 2. The van der Waals surface area contributed by atoms with E-state index in [1.165, 1.54) is 16.9 Å². The van der Waals surface area contributed by atoms with E-state index in [1.807, 2.05) is 6.07 Å². The minimum Gasteiger partial charge on any atom is -0.298 e. The lowest BCUT2D eigenvalue weighted by atomic mass is 10.0. The summed E-state index contributed by atoms with van der Waals surface area (Å²) in [6.45, 7) is 4.29. The summed E-state index contributed by atoms with van der Waals surface area (Å²) >= 11 is 13.4. The van der Waals surface area contributed by atoms with Crippen molar-refractivity contribution in [3.63, 3.8) is 0 Å². The number of benzene rings is 2. The van der Waals surface area contributed by atoms with Crippen LogP contribution >= 0.6 is 34.5 Å². The van der Waals surface area contributed by atoms with Crippen LogP contribution in [0.15, 0.2) is 36.4 Å². The first kappa shape index (κ1) is 16.2. The van der Waals surface area contributed by atoms with E-state index < -0.39 is 0 Å². The second kappa shape index (κ2) is 6.48. The molecule has 0 spiro atoms. The van der Waals surface area contributed by atoms with Crippen molar-refractivity contribution < 1.29 is 4.79 Å². The van der Waals surface area contributed by atoms with Crippen LogP contribution in [0.5, 0.6) is 0 Å². The number of hydrogen-bond donors (Lipinski definition) is 1. The largest absolute Gasteiger partial charge is 0.298 e. The number of amides is 1. The van der Waals surface area contributed by atoms with Gasteiger partial charge in [0.05, 0.1) is 20.8 Å². The van der Waals surface area contributed by atoms with E-state index in [-0.39, 0.29) is 5.91 Å². The predicted octanol–water partition coefficient (Wildman–Crippen LogP) is 5.98. The fraction of sp³-hybridized carbons (Fsp3) is 0.176. The van der Waals surface area contributed by atoms with Crippen LogP contribution in [0.4, 0.5) is 5.13 Å². The van der Waals surface area contributed by atoms with Crippen LogP contribution in [0, 0.1) is 0 Å². The standard InChI is InChI=1S/C17H14Cl2N2OS/c1-9(2)10-3-6-14-15(7-10)23-17(20-14)21-16(22)12-5-4-11(18)8-13(12)19/h3-9H,1-2H3,(H,20,21,22). The van der Waals surface area contributed by atoms with Crippen molar-refractivity contribution in [3.8, 4) is 0 Å². The number of nitrogens with one attached hydrogen (secondary N) is 1. The number of fused-ring (bicyclic) bond motifs is 1. The molecule has 3 aromatic rings. The van der Waals surface area contributed by atoms with Gasteiger partial charge in [-0.1, -0.05) is 54.5 Å². The van der Waals surface area contributed by atoms with E-state index >= 15 is 0 Å². The van der Waals surface area contributed by atoms with Gasteiger partial charge in [-0.2, -0.15) is 0 Å². The predicted molar refractivity (Wildman–Crippen MR) is 98.1 cm³/mol. The van der Waals surface area contributed by atoms with Crippen LogP contribution in [0.1, 0.15) is 35.7 Å². The molecule has 1 aromatic heterocycles. The third-order valence-electron chi connectivity index (χ3n) is 3.48. The topological polar surface area (TPSA) is 42.0 Å². The first-order chi connectivity index (χ1) is 10.9. The molecule has 0 bridgehead atoms. The van der Waals surface area contributed by atoms with Gasteiger partial charge >= 0.3 is 0 Å². The summed E-state index contributed by atoms with van der Waals surface area (Å²) in [4.78, 5) is 16.8. The number of aromatic nitrogens is 1. The quantitative estimate of drug-likeness (QED) is 0.620. The van der Waals surface area contributed by atoms with Crippen LogP contribution in [0.2, 0.25) is 10.0 Å². The molecule has 23 heavy (non-hydrogen) atoms. The highest BCUT2D eigenvalue weighted by Crippen LogP contribution is 2.30. The molecule has 6 heteroatoms. The maximum absolute atomic E-state index is 12.3. The van der Waals surface area contributed by atoms with Crippen LogP contribution in [0.25, 0.3) is 10.2 Å². The molecule has 0 aliphatic heterocycles. The van der Waals surface area contributed by atoms with Crippen molar-refractivity contribution in [2.75, 3.05) is 5.32 Å². The first-order valence-electron chi connectivity index (χ1n) is 7.11. The second-order valence-electron chi connectivity index (χ2n) is 5.48. The molecule has 0 atom stereocenters. The smallest absolute Gasteiger partial charge is 0.258 e. The van der Waals surface area contributed by atoms with Gasteiger partial charge in [0, 0.05) is 5.02 Å². The number of thiazole rings is 1. The van der Waals surface area contributed by atoms with E-state index in [0.29, 0.717) is 26.7 Å². The molecule has 2 aromatic carbocycles. The lowest BCUT2D eigenvalue weighted by Gasteiger charge is -2.04. The van der Waals surface area contributed by atoms with Crippen LogP contribution in [-0.2, 0) is 0 Å². The molecule has 0 aliphatic carbocycles. The number of nitrogens with zero attached hydrogens (tertiary/aromatic N) is 1. The summed E-state index contributed by atoms with van der Waals surface area (Å²) in [5, 5.41) is 4.16. The highest BCUT2D eigenvalue weighted by atomic mass is 35.5. The Balaban J connectivity index is 1.87. The fourth-order valence-electron chi connectivity index (χ4n) is 2.19. The Kier molecular flexibility index (Phi) is 4.57. The molecule has 0 aliphatic rings. The van der Waals surface area contributed by atoms with E-state index in [4.69, 9.17) is 23.2 Å². The molecule has 0 unspecified atom stereocenters. The lowest BCUT2D eigenvalue weighted by Crippen LogP contribution is -2.12. The summed E-state index contributed by atoms with van der Waals surface area (Å²) < 4.78 is 1.05. The minimum absolute atomic E-state index is 0.296. The van der Waals surface area contributed by atoms with Gasteiger partial charge in [0.25, 0.3) is 5.91 Å². The Morgan fingerprint density at radius 2 is 1.96 bits per heavy atom. The SMILES string of the molecule is CC(C)c1ccc2nc(NC(=O)c3ccc(Cl)cc3Cl)sc2c1. The Bertz CT molecular complexity index is 889. The molecule has 3 rings (SSSR count). The molecule has 0 saturated carbocycles. The summed E-state index contributed by atoms with van der Waals surface area (Å²) in [5.41, 5.74) is 2.50. The molecule has 0 radical (unpaired) electrons. The summed E-state index contributed by atoms with van der Waals surface area (Å²) in [5.74, 6) is 0.155. The lowest BCUT2D eigenvalue weighted by molar-refractivity contribution is 0.102.